The van der Waals surface area contributed by atoms with Gasteiger partial charge in [0.05, 0.1) is 23.2 Å². The highest BCUT2D eigenvalue weighted by atomic mass is 32.1. The molecule has 1 amide bonds. The van der Waals surface area contributed by atoms with Crippen LogP contribution < -0.4 is 5.32 Å². The summed E-state index contributed by atoms with van der Waals surface area (Å²) in [6, 6.07) is 2.02. The predicted octanol–water partition coefficient (Wildman–Crippen LogP) is 1.69. The Morgan fingerprint density at radius 3 is 3.04 bits per heavy atom. The van der Waals surface area contributed by atoms with Crippen molar-refractivity contribution in [2.75, 3.05) is 32.8 Å². The van der Waals surface area contributed by atoms with Gasteiger partial charge >= 0.3 is 0 Å². The van der Waals surface area contributed by atoms with Gasteiger partial charge in [-0.25, -0.2) is 4.98 Å². The molecule has 7 nitrogen and oxygen atoms in total. The van der Waals surface area contributed by atoms with Crippen molar-refractivity contribution in [3.63, 3.8) is 0 Å². The Kier molecular flexibility index (Phi) is 5.82. The fraction of sp³-hybridized carbons (Fsp3) is 0.600. The first kappa shape index (κ1) is 19.6. The average molecular weight is 405 g/mol. The van der Waals surface area contributed by atoms with Crippen LogP contribution in [0.2, 0.25) is 0 Å². The van der Waals surface area contributed by atoms with Crippen molar-refractivity contribution in [1.29, 1.82) is 0 Å². The van der Waals surface area contributed by atoms with Crippen molar-refractivity contribution in [3.8, 4) is 0 Å². The highest BCUT2D eigenvalue weighted by Crippen LogP contribution is 2.44. The van der Waals surface area contributed by atoms with Crippen LogP contribution in [-0.4, -0.2) is 64.8 Å². The molecule has 3 N–H and O–H groups in total. The molecule has 0 radical (unpaired) electrons. The van der Waals surface area contributed by atoms with Crippen LogP contribution >= 0.6 is 11.3 Å². The van der Waals surface area contributed by atoms with Gasteiger partial charge in [0.15, 0.2) is 0 Å². The number of carbonyl (C=O) groups is 1. The topological polar surface area (TPSA) is 90.5 Å². The number of hydrogen-bond donors (Lipinski definition) is 3. The molecule has 2 aromatic heterocycles. The molecule has 2 aliphatic heterocycles. The monoisotopic (exact) mass is 404 g/mol. The number of nitrogens with zero attached hydrogens (tertiary/aromatic N) is 2. The standard InChI is InChI=1S/C20H28N4O3S/c1-14(25)13-23-19(26)17-12-15-16(28-17)3-11-27-20(15)4-9-24(10-5-20)8-2-18-21-6-7-22-18/h6-7,12,14,25H,2-5,8-11,13H2,1H3,(H,21,22)(H,23,26). The number of ether oxygens (including phenoxy) is 1. The number of fused-ring (bicyclic) bond motifs is 2. The lowest BCUT2D eigenvalue weighted by Gasteiger charge is -2.44. The number of aliphatic hydroxyl groups excluding tert-OH is 1. The van der Waals surface area contributed by atoms with E-state index in [9.17, 15) is 9.90 Å². The quantitative estimate of drug-likeness (QED) is 0.682. The Hall–Kier alpha value is -1.74. The molecular weight excluding hydrogens is 376 g/mol. The summed E-state index contributed by atoms with van der Waals surface area (Å²) in [6.45, 7) is 5.62. The zero-order valence-corrected chi connectivity index (χ0v) is 17.1. The third kappa shape index (κ3) is 4.15. The maximum Gasteiger partial charge on any atom is 0.261 e. The first-order chi connectivity index (χ1) is 13.6. The van der Waals surface area contributed by atoms with Crippen LogP contribution in [0.15, 0.2) is 18.5 Å². The smallest absolute Gasteiger partial charge is 0.261 e. The first-order valence-electron chi connectivity index (χ1n) is 10.00. The minimum Gasteiger partial charge on any atom is -0.392 e. The molecule has 1 fully saturated rings. The summed E-state index contributed by atoms with van der Waals surface area (Å²) in [5.41, 5.74) is 0.949. The number of piperidine rings is 1. The lowest BCUT2D eigenvalue weighted by Crippen LogP contribution is -2.46. The molecule has 8 heteroatoms. The summed E-state index contributed by atoms with van der Waals surface area (Å²) in [7, 11) is 0. The summed E-state index contributed by atoms with van der Waals surface area (Å²) in [4.78, 5) is 24.3. The van der Waals surface area contributed by atoms with E-state index < -0.39 is 6.10 Å². The van der Waals surface area contributed by atoms with Crippen molar-refractivity contribution >= 4 is 17.2 Å². The van der Waals surface area contributed by atoms with E-state index in [1.165, 1.54) is 10.4 Å². The van der Waals surface area contributed by atoms with Crippen molar-refractivity contribution < 1.29 is 14.6 Å². The number of likely N-dealkylation sites (tertiary alicyclic amines) is 1. The largest absolute Gasteiger partial charge is 0.392 e. The SMILES string of the molecule is CC(O)CNC(=O)c1cc2c(s1)CCOC21CCN(CCc2ncc[nH]2)CC1. The van der Waals surface area contributed by atoms with Gasteiger partial charge in [0.25, 0.3) is 5.91 Å². The van der Waals surface area contributed by atoms with Crippen molar-refractivity contribution in [2.24, 2.45) is 0 Å². The fourth-order valence-electron chi connectivity index (χ4n) is 4.11. The van der Waals surface area contributed by atoms with E-state index in [2.05, 4.69) is 20.2 Å². The maximum absolute atomic E-state index is 12.4. The number of rotatable bonds is 6. The van der Waals surface area contributed by atoms with E-state index in [0.717, 1.165) is 56.0 Å². The van der Waals surface area contributed by atoms with Crippen LogP contribution in [0.1, 0.15) is 45.7 Å². The minimum absolute atomic E-state index is 0.105. The number of hydrogen-bond acceptors (Lipinski definition) is 6. The molecule has 2 aromatic rings. The lowest BCUT2D eigenvalue weighted by molar-refractivity contribution is -0.0969. The summed E-state index contributed by atoms with van der Waals surface area (Å²) in [6.07, 6.45) is 6.81. The number of amides is 1. The number of thiophene rings is 1. The van der Waals surface area contributed by atoms with Gasteiger partial charge in [0, 0.05) is 56.3 Å². The zero-order valence-electron chi connectivity index (χ0n) is 16.2. The molecule has 2 aliphatic rings. The van der Waals surface area contributed by atoms with Crippen LogP contribution in [0.3, 0.4) is 0 Å². The van der Waals surface area contributed by atoms with Gasteiger partial charge in [-0.15, -0.1) is 11.3 Å². The van der Waals surface area contributed by atoms with E-state index in [0.29, 0.717) is 6.61 Å². The van der Waals surface area contributed by atoms with E-state index in [1.54, 1.807) is 24.5 Å². The Morgan fingerprint density at radius 2 is 2.32 bits per heavy atom. The maximum atomic E-state index is 12.4. The molecule has 28 heavy (non-hydrogen) atoms. The fourth-order valence-corrected chi connectivity index (χ4v) is 5.25. The van der Waals surface area contributed by atoms with Gasteiger partial charge in [-0.3, -0.25) is 4.79 Å². The number of carbonyl (C=O) groups excluding carboxylic acids is 1. The highest BCUT2D eigenvalue weighted by molar-refractivity contribution is 7.14. The van der Waals surface area contributed by atoms with E-state index in [-0.39, 0.29) is 18.1 Å². The normalized spacial score (nSPS) is 20.1. The van der Waals surface area contributed by atoms with E-state index in [4.69, 9.17) is 4.74 Å². The van der Waals surface area contributed by atoms with Gasteiger partial charge in [0.2, 0.25) is 0 Å². The predicted molar refractivity (Wildman–Crippen MR) is 108 cm³/mol. The lowest BCUT2D eigenvalue weighted by atomic mass is 9.82. The Morgan fingerprint density at radius 1 is 1.50 bits per heavy atom. The number of aliphatic hydroxyl groups is 1. The second-order valence-electron chi connectivity index (χ2n) is 7.73. The highest BCUT2D eigenvalue weighted by Gasteiger charge is 2.42. The van der Waals surface area contributed by atoms with Crippen molar-refractivity contribution in [3.05, 3.63) is 39.6 Å². The van der Waals surface area contributed by atoms with Crippen LogP contribution in [0.25, 0.3) is 0 Å². The van der Waals surface area contributed by atoms with Crippen LogP contribution in [-0.2, 0) is 23.2 Å². The van der Waals surface area contributed by atoms with Crippen molar-refractivity contribution in [2.45, 2.75) is 44.3 Å². The Balaban J connectivity index is 1.41. The molecule has 0 saturated carbocycles. The molecule has 1 atom stereocenters. The molecule has 1 saturated heterocycles. The molecule has 0 aliphatic carbocycles. The molecular formula is C20H28N4O3S. The van der Waals surface area contributed by atoms with Crippen molar-refractivity contribution in [1.82, 2.24) is 20.2 Å². The van der Waals surface area contributed by atoms with E-state index >= 15 is 0 Å². The molecule has 4 heterocycles. The number of nitrogens with one attached hydrogen (secondary N) is 2. The number of H-pyrrole nitrogens is 1. The zero-order chi connectivity index (χ0) is 19.6. The summed E-state index contributed by atoms with van der Waals surface area (Å²) in [5.74, 6) is 0.925. The van der Waals surface area contributed by atoms with Gasteiger partial charge in [0.1, 0.15) is 5.82 Å². The molecule has 152 valence electrons. The second-order valence-corrected chi connectivity index (χ2v) is 8.86. The minimum atomic E-state index is -0.543. The van der Waals surface area contributed by atoms with E-state index in [1.807, 2.05) is 12.3 Å². The first-order valence-corrected chi connectivity index (χ1v) is 10.8. The number of aromatic nitrogens is 2. The molecule has 0 aromatic carbocycles. The van der Waals surface area contributed by atoms with Gasteiger partial charge in [-0.2, -0.15) is 0 Å². The molecule has 0 bridgehead atoms. The molecule has 4 rings (SSSR count). The Labute approximate surface area is 169 Å². The van der Waals surface area contributed by atoms with Gasteiger partial charge in [-0.05, 0) is 31.4 Å². The van der Waals surface area contributed by atoms with Gasteiger partial charge in [-0.1, -0.05) is 0 Å². The van der Waals surface area contributed by atoms with Gasteiger partial charge < -0.3 is 25.0 Å². The summed E-state index contributed by atoms with van der Waals surface area (Å²) in [5, 5.41) is 12.2. The summed E-state index contributed by atoms with van der Waals surface area (Å²) < 4.78 is 6.31. The molecule has 1 unspecified atom stereocenters. The third-order valence-corrected chi connectivity index (χ3v) is 6.87. The second kappa shape index (κ2) is 8.32. The molecule has 1 spiro atoms. The average Bonchev–Trinajstić information content (AvgIpc) is 3.36. The van der Waals surface area contributed by atoms with Crippen LogP contribution in [0.4, 0.5) is 0 Å². The Bertz CT molecular complexity index is 794. The number of aromatic amines is 1. The summed E-state index contributed by atoms with van der Waals surface area (Å²) >= 11 is 1.57. The van der Waals surface area contributed by atoms with Crippen LogP contribution in [0.5, 0.6) is 0 Å². The third-order valence-electron chi connectivity index (χ3n) is 5.67. The number of imidazole rings is 1. The van der Waals surface area contributed by atoms with Crippen LogP contribution in [0, 0.1) is 0 Å².